The van der Waals surface area contributed by atoms with Gasteiger partial charge in [0.25, 0.3) is 0 Å². The van der Waals surface area contributed by atoms with Crippen molar-refractivity contribution in [3.63, 3.8) is 0 Å². The maximum Gasteiger partial charge on any atom is 0.0203 e. The first-order valence-electron chi connectivity index (χ1n) is 3.10. The van der Waals surface area contributed by atoms with Crippen LogP contribution in [0.25, 0.3) is 0 Å². The van der Waals surface area contributed by atoms with E-state index >= 15 is 0 Å². The minimum atomic E-state index is 0.356. The highest BCUT2D eigenvalue weighted by atomic mass is 14.0. The predicted molar refractivity (Wildman–Crippen MR) is 37.2 cm³/mol. The number of rotatable bonds is 3. The molecule has 0 aromatic rings. The molecule has 0 aliphatic rings. The summed E-state index contributed by atoms with van der Waals surface area (Å²) in [7, 11) is 0. The Labute approximate surface area is 52.3 Å². The number of hydrogen-bond donors (Lipinski definition) is 0. The van der Waals surface area contributed by atoms with E-state index in [9.17, 15) is 0 Å². The maximum atomic E-state index is 5.13. The van der Waals surface area contributed by atoms with Crippen LogP contribution in [0.4, 0.5) is 0 Å². The highest BCUT2D eigenvalue weighted by Crippen LogP contribution is 2.02. The van der Waals surface area contributed by atoms with Crippen molar-refractivity contribution < 1.29 is 0 Å². The number of hydrogen-bond acceptors (Lipinski definition) is 0. The average Bonchev–Trinajstić information content (AvgIpc) is 1.83. The summed E-state index contributed by atoms with van der Waals surface area (Å²) in [6, 6.07) is 0. The van der Waals surface area contributed by atoms with Crippen molar-refractivity contribution in [2.75, 3.05) is 0 Å². The zero-order valence-corrected chi connectivity index (χ0v) is 5.65. The van der Waals surface area contributed by atoms with E-state index < -0.39 is 0 Å². The van der Waals surface area contributed by atoms with Gasteiger partial charge in [-0.1, -0.05) is 20.3 Å². The van der Waals surface area contributed by atoms with Crippen molar-refractivity contribution in [2.45, 2.75) is 26.7 Å². The molecule has 0 saturated carbocycles. The van der Waals surface area contributed by atoms with Crippen LogP contribution in [0.3, 0.4) is 0 Å². The summed E-state index contributed by atoms with van der Waals surface area (Å²) < 4.78 is 0. The molecule has 0 saturated heterocycles. The Morgan fingerprint density at radius 1 is 1.75 bits per heavy atom. The first-order chi connectivity index (χ1) is 3.81. The first-order valence-corrected chi connectivity index (χ1v) is 3.10. The zero-order valence-electron chi connectivity index (χ0n) is 5.65. The van der Waals surface area contributed by atoms with Crippen LogP contribution in [0, 0.1) is 24.7 Å². The second-order valence-electron chi connectivity index (χ2n) is 1.98. The Morgan fingerprint density at radius 3 is 2.75 bits per heavy atom. The average molecular weight is 109 g/mol. The topological polar surface area (TPSA) is 0 Å². The monoisotopic (exact) mass is 109 g/mol. The molecule has 45 valence electrons. The molecule has 0 fully saturated rings. The molecule has 0 nitrogen and oxygen atoms in total. The van der Waals surface area contributed by atoms with Crippen molar-refractivity contribution in [2.24, 2.45) is 5.92 Å². The van der Waals surface area contributed by atoms with E-state index in [1.165, 1.54) is 6.42 Å². The molecule has 1 unspecified atom stereocenters. The van der Waals surface area contributed by atoms with Crippen LogP contribution in [-0.2, 0) is 0 Å². The fourth-order valence-electron chi connectivity index (χ4n) is 0.485. The summed E-state index contributed by atoms with van der Waals surface area (Å²) in [5.74, 6) is 3.00. The Kier molecular flexibility index (Phi) is 4.45. The molecule has 0 bridgehead atoms. The molecule has 1 radical (unpaired) electrons. The molecule has 0 rings (SSSR count). The third-order valence-corrected chi connectivity index (χ3v) is 1.07. The first kappa shape index (κ1) is 7.56. The van der Waals surface area contributed by atoms with Gasteiger partial charge in [-0.25, -0.2) is 0 Å². The molecule has 0 aromatic carbocycles. The van der Waals surface area contributed by atoms with Crippen LogP contribution in [0.5, 0.6) is 0 Å². The van der Waals surface area contributed by atoms with E-state index in [1.807, 2.05) is 6.92 Å². The second kappa shape index (κ2) is 4.71. The van der Waals surface area contributed by atoms with Gasteiger partial charge in [0.1, 0.15) is 0 Å². The molecular weight excluding hydrogens is 96.1 g/mol. The lowest BCUT2D eigenvalue weighted by molar-refractivity contribution is 0.770. The van der Waals surface area contributed by atoms with E-state index in [0.29, 0.717) is 5.92 Å². The third kappa shape index (κ3) is 3.74. The summed E-state index contributed by atoms with van der Waals surface area (Å²) in [5.41, 5.74) is 0. The molecule has 1 atom stereocenters. The van der Waals surface area contributed by atoms with Gasteiger partial charge in [0.2, 0.25) is 0 Å². The summed E-state index contributed by atoms with van der Waals surface area (Å²) in [5, 5.41) is 0. The molecule has 0 aliphatic heterocycles. The van der Waals surface area contributed by atoms with E-state index in [1.54, 1.807) is 0 Å². The molecule has 0 heteroatoms. The van der Waals surface area contributed by atoms with Gasteiger partial charge in [0, 0.05) is 5.92 Å². The molecule has 0 aromatic heterocycles. The number of terminal acetylenes is 1. The minimum Gasteiger partial charge on any atom is -0.120 e. The third-order valence-electron chi connectivity index (χ3n) is 1.07. The van der Waals surface area contributed by atoms with Crippen LogP contribution >= 0.6 is 0 Å². The van der Waals surface area contributed by atoms with Gasteiger partial charge in [-0.2, -0.15) is 0 Å². The fraction of sp³-hybridized carbons (Fsp3) is 0.625. The van der Waals surface area contributed by atoms with Gasteiger partial charge in [-0.3, -0.25) is 0 Å². The van der Waals surface area contributed by atoms with Crippen molar-refractivity contribution in [1.82, 2.24) is 0 Å². The standard InChI is InChI=1S/C8H13/c1-4-6-7-8(3)5-2/h2,7-8H,4,6H2,1,3H3. The van der Waals surface area contributed by atoms with E-state index in [4.69, 9.17) is 6.42 Å². The molecule has 0 heterocycles. The molecule has 8 heavy (non-hydrogen) atoms. The van der Waals surface area contributed by atoms with Gasteiger partial charge in [0.05, 0.1) is 0 Å². The molecule has 0 spiro atoms. The molecule has 0 N–H and O–H groups in total. The lowest BCUT2D eigenvalue weighted by atomic mass is 10.1. The van der Waals surface area contributed by atoms with Gasteiger partial charge in [-0.15, -0.1) is 12.3 Å². The van der Waals surface area contributed by atoms with Gasteiger partial charge in [-0.05, 0) is 12.8 Å². The van der Waals surface area contributed by atoms with Gasteiger partial charge >= 0.3 is 0 Å². The normalized spacial score (nSPS) is 12.6. The molecule has 0 aliphatic carbocycles. The Balaban J connectivity index is 3.02. The fourth-order valence-corrected chi connectivity index (χ4v) is 0.485. The highest BCUT2D eigenvalue weighted by molar-refractivity contribution is 4.97. The zero-order chi connectivity index (χ0) is 6.41. The van der Waals surface area contributed by atoms with Crippen LogP contribution in [0.2, 0.25) is 0 Å². The lowest BCUT2D eigenvalue weighted by Gasteiger charge is -1.98. The predicted octanol–water partition coefficient (Wildman–Crippen LogP) is 2.26. The smallest absolute Gasteiger partial charge is 0.0203 e. The molecular formula is C8H13. The van der Waals surface area contributed by atoms with Gasteiger partial charge in [0.15, 0.2) is 0 Å². The van der Waals surface area contributed by atoms with Crippen molar-refractivity contribution in [1.29, 1.82) is 0 Å². The van der Waals surface area contributed by atoms with Crippen LogP contribution in [-0.4, -0.2) is 0 Å². The Morgan fingerprint density at radius 2 is 2.38 bits per heavy atom. The summed E-state index contributed by atoms with van der Waals surface area (Å²) in [6.07, 6.45) is 9.64. The maximum absolute atomic E-state index is 5.13. The SMILES string of the molecule is C#CC(C)[CH]CCC. The summed E-state index contributed by atoms with van der Waals surface area (Å²) in [6.45, 7) is 4.19. The number of unbranched alkanes of at least 4 members (excludes halogenated alkanes) is 1. The van der Waals surface area contributed by atoms with Crippen molar-refractivity contribution in [3.8, 4) is 12.3 Å². The Hall–Kier alpha value is -0.440. The largest absolute Gasteiger partial charge is 0.120 e. The van der Waals surface area contributed by atoms with Gasteiger partial charge < -0.3 is 0 Å². The highest BCUT2D eigenvalue weighted by Gasteiger charge is 1.92. The second-order valence-corrected chi connectivity index (χ2v) is 1.98. The van der Waals surface area contributed by atoms with Crippen LogP contribution < -0.4 is 0 Å². The molecule has 0 amide bonds. The summed E-state index contributed by atoms with van der Waals surface area (Å²) in [4.78, 5) is 0. The van der Waals surface area contributed by atoms with Crippen molar-refractivity contribution >= 4 is 0 Å². The van der Waals surface area contributed by atoms with Crippen molar-refractivity contribution in [3.05, 3.63) is 6.42 Å². The van der Waals surface area contributed by atoms with E-state index in [0.717, 1.165) is 6.42 Å². The summed E-state index contributed by atoms with van der Waals surface area (Å²) >= 11 is 0. The van der Waals surface area contributed by atoms with Crippen LogP contribution in [0.1, 0.15) is 26.7 Å². The van der Waals surface area contributed by atoms with E-state index in [2.05, 4.69) is 19.3 Å². The van der Waals surface area contributed by atoms with E-state index in [-0.39, 0.29) is 0 Å². The quantitative estimate of drug-likeness (QED) is 0.488. The minimum absolute atomic E-state index is 0.356. The Bertz CT molecular complexity index is 76.5. The van der Waals surface area contributed by atoms with Crippen LogP contribution in [0.15, 0.2) is 0 Å². The lowest BCUT2D eigenvalue weighted by Crippen LogP contribution is -1.88.